The number of aryl methyl sites for hydroxylation is 1. The molecule has 104 valence electrons. The van der Waals surface area contributed by atoms with Crippen LogP contribution < -0.4 is 0 Å². The van der Waals surface area contributed by atoms with Crippen molar-refractivity contribution in [2.24, 2.45) is 0 Å². The fraction of sp³-hybridized carbons (Fsp3) is 0.533. The van der Waals surface area contributed by atoms with Gasteiger partial charge < -0.3 is 15.1 Å². The summed E-state index contributed by atoms with van der Waals surface area (Å²) in [4.78, 5) is 14.2. The molecule has 0 aliphatic carbocycles. The molecule has 1 amide bonds. The molecule has 1 aliphatic heterocycles. The van der Waals surface area contributed by atoms with Gasteiger partial charge in [-0.3, -0.25) is 4.79 Å². The smallest absolute Gasteiger partial charge is 0.254 e. The Morgan fingerprint density at radius 1 is 1.37 bits per heavy atom. The van der Waals surface area contributed by atoms with Crippen LogP contribution in [0.3, 0.4) is 0 Å². The SMILES string of the molecule is Cc1ccc(C(=O)N2CCCCCC2CO)cc1O. The molecule has 2 rings (SSSR count). The molecule has 1 unspecified atom stereocenters. The molecule has 1 fully saturated rings. The summed E-state index contributed by atoms with van der Waals surface area (Å²) >= 11 is 0. The number of phenolic OH excluding ortho intramolecular Hbond substituents is 1. The second-order valence-corrected chi connectivity index (χ2v) is 5.19. The van der Waals surface area contributed by atoms with E-state index in [4.69, 9.17) is 0 Å². The van der Waals surface area contributed by atoms with E-state index in [1.807, 2.05) is 0 Å². The van der Waals surface area contributed by atoms with Gasteiger partial charge in [0.05, 0.1) is 12.6 Å². The number of aliphatic hydroxyl groups is 1. The fourth-order valence-corrected chi connectivity index (χ4v) is 2.54. The summed E-state index contributed by atoms with van der Waals surface area (Å²) in [6.07, 6.45) is 3.97. The van der Waals surface area contributed by atoms with E-state index in [1.54, 1.807) is 24.0 Å². The monoisotopic (exact) mass is 263 g/mol. The third-order valence-electron chi connectivity index (χ3n) is 3.80. The van der Waals surface area contributed by atoms with Crippen molar-refractivity contribution in [3.63, 3.8) is 0 Å². The van der Waals surface area contributed by atoms with Crippen molar-refractivity contribution < 1.29 is 15.0 Å². The van der Waals surface area contributed by atoms with E-state index in [-0.39, 0.29) is 24.3 Å². The topological polar surface area (TPSA) is 60.8 Å². The second-order valence-electron chi connectivity index (χ2n) is 5.19. The standard InChI is InChI=1S/C15H21NO3/c1-11-6-7-12(9-14(11)18)15(19)16-8-4-2-3-5-13(16)10-17/h6-7,9,13,17-18H,2-5,8,10H2,1H3. The number of carbonyl (C=O) groups excluding carboxylic acids is 1. The molecule has 0 bridgehead atoms. The minimum Gasteiger partial charge on any atom is -0.508 e. The molecule has 1 aromatic carbocycles. The van der Waals surface area contributed by atoms with Gasteiger partial charge in [0.1, 0.15) is 5.75 Å². The maximum absolute atomic E-state index is 12.5. The molecule has 0 radical (unpaired) electrons. The highest BCUT2D eigenvalue weighted by atomic mass is 16.3. The average molecular weight is 263 g/mol. The van der Waals surface area contributed by atoms with Crippen molar-refractivity contribution in [3.8, 4) is 5.75 Å². The van der Waals surface area contributed by atoms with Crippen LogP contribution in [0.1, 0.15) is 41.6 Å². The molecule has 0 aromatic heterocycles. The van der Waals surface area contributed by atoms with Gasteiger partial charge in [0, 0.05) is 12.1 Å². The quantitative estimate of drug-likeness (QED) is 0.858. The molecule has 1 aromatic rings. The van der Waals surface area contributed by atoms with Crippen molar-refractivity contribution in [2.45, 2.75) is 38.6 Å². The summed E-state index contributed by atoms with van der Waals surface area (Å²) in [5.41, 5.74) is 1.24. The van der Waals surface area contributed by atoms with Crippen molar-refractivity contribution in [2.75, 3.05) is 13.2 Å². The van der Waals surface area contributed by atoms with Crippen molar-refractivity contribution in [1.82, 2.24) is 4.90 Å². The maximum atomic E-state index is 12.5. The zero-order valence-electron chi connectivity index (χ0n) is 11.3. The molecular weight excluding hydrogens is 242 g/mol. The van der Waals surface area contributed by atoms with E-state index in [0.717, 1.165) is 31.2 Å². The minimum atomic E-state index is -0.101. The Morgan fingerprint density at radius 2 is 2.16 bits per heavy atom. The number of carbonyl (C=O) groups is 1. The largest absolute Gasteiger partial charge is 0.508 e. The second kappa shape index (κ2) is 6.06. The normalized spacial score (nSPS) is 20.1. The summed E-state index contributed by atoms with van der Waals surface area (Å²) in [5, 5.41) is 19.1. The Hall–Kier alpha value is -1.55. The molecule has 4 nitrogen and oxygen atoms in total. The predicted octanol–water partition coefficient (Wildman–Crippen LogP) is 2.08. The van der Waals surface area contributed by atoms with E-state index in [9.17, 15) is 15.0 Å². The van der Waals surface area contributed by atoms with Gasteiger partial charge in [0.2, 0.25) is 0 Å². The van der Waals surface area contributed by atoms with Crippen LogP contribution in [0.4, 0.5) is 0 Å². The van der Waals surface area contributed by atoms with Crippen molar-refractivity contribution >= 4 is 5.91 Å². The van der Waals surface area contributed by atoms with Gasteiger partial charge in [-0.15, -0.1) is 0 Å². The maximum Gasteiger partial charge on any atom is 0.254 e. The van der Waals surface area contributed by atoms with Gasteiger partial charge in [0.15, 0.2) is 0 Å². The summed E-state index contributed by atoms with van der Waals surface area (Å²) < 4.78 is 0. The molecule has 1 heterocycles. The van der Waals surface area contributed by atoms with Crippen LogP contribution in [-0.4, -0.2) is 40.2 Å². The van der Waals surface area contributed by atoms with E-state index in [1.165, 1.54) is 6.07 Å². The summed E-state index contributed by atoms with van der Waals surface area (Å²) in [5.74, 6) is 0.0393. The van der Waals surface area contributed by atoms with E-state index < -0.39 is 0 Å². The number of likely N-dealkylation sites (tertiary alicyclic amines) is 1. The van der Waals surface area contributed by atoms with Crippen LogP contribution in [0.5, 0.6) is 5.75 Å². The lowest BCUT2D eigenvalue weighted by Gasteiger charge is -2.28. The van der Waals surface area contributed by atoms with Crippen molar-refractivity contribution in [1.29, 1.82) is 0 Å². The molecule has 1 aliphatic rings. The molecule has 1 saturated heterocycles. The molecule has 19 heavy (non-hydrogen) atoms. The first-order valence-electron chi connectivity index (χ1n) is 6.85. The van der Waals surface area contributed by atoms with Crippen LogP contribution in [0.15, 0.2) is 18.2 Å². The Labute approximate surface area is 113 Å². The number of aliphatic hydroxyl groups excluding tert-OH is 1. The van der Waals surface area contributed by atoms with Crippen LogP contribution in [-0.2, 0) is 0 Å². The van der Waals surface area contributed by atoms with Crippen LogP contribution in [0, 0.1) is 6.92 Å². The molecule has 1 atom stereocenters. The first kappa shape index (κ1) is 13.9. The van der Waals surface area contributed by atoms with E-state index in [2.05, 4.69) is 0 Å². The van der Waals surface area contributed by atoms with Gasteiger partial charge in [0.25, 0.3) is 5.91 Å². The Kier molecular flexibility index (Phi) is 4.43. The Balaban J connectivity index is 2.22. The predicted molar refractivity (Wildman–Crippen MR) is 73.2 cm³/mol. The molecule has 4 heteroatoms. The van der Waals surface area contributed by atoms with Gasteiger partial charge >= 0.3 is 0 Å². The summed E-state index contributed by atoms with van der Waals surface area (Å²) in [6.45, 7) is 2.48. The highest BCUT2D eigenvalue weighted by Gasteiger charge is 2.25. The van der Waals surface area contributed by atoms with Crippen LogP contribution in [0.25, 0.3) is 0 Å². The lowest BCUT2D eigenvalue weighted by Crippen LogP contribution is -2.42. The van der Waals surface area contributed by atoms with Gasteiger partial charge in [-0.25, -0.2) is 0 Å². The number of hydrogen-bond donors (Lipinski definition) is 2. The molecular formula is C15H21NO3. The van der Waals surface area contributed by atoms with Gasteiger partial charge in [-0.05, 0) is 37.5 Å². The van der Waals surface area contributed by atoms with E-state index >= 15 is 0 Å². The lowest BCUT2D eigenvalue weighted by molar-refractivity contribution is 0.0599. The highest BCUT2D eigenvalue weighted by Crippen LogP contribution is 2.22. The number of rotatable bonds is 2. The number of hydrogen-bond acceptors (Lipinski definition) is 3. The molecule has 0 spiro atoms. The summed E-state index contributed by atoms with van der Waals surface area (Å²) in [6, 6.07) is 4.89. The number of benzene rings is 1. The average Bonchev–Trinajstić information content (AvgIpc) is 2.66. The minimum absolute atomic E-state index is 0.00356. The third-order valence-corrected chi connectivity index (χ3v) is 3.80. The molecule has 0 saturated carbocycles. The number of nitrogens with zero attached hydrogens (tertiary/aromatic N) is 1. The first-order chi connectivity index (χ1) is 9.13. The zero-order chi connectivity index (χ0) is 13.8. The zero-order valence-corrected chi connectivity index (χ0v) is 11.3. The number of phenols is 1. The third kappa shape index (κ3) is 3.07. The van der Waals surface area contributed by atoms with Gasteiger partial charge in [-0.1, -0.05) is 18.9 Å². The fourth-order valence-electron chi connectivity index (χ4n) is 2.54. The Morgan fingerprint density at radius 3 is 2.84 bits per heavy atom. The van der Waals surface area contributed by atoms with Gasteiger partial charge in [-0.2, -0.15) is 0 Å². The Bertz CT molecular complexity index is 459. The highest BCUT2D eigenvalue weighted by molar-refractivity contribution is 5.95. The lowest BCUT2D eigenvalue weighted by atomic mass is 10.1. The number of amides is 1. The summed E-state index contributed by atoms with van der Waals surface area (Å²) in [7, 11) is 0. The van der Waals surface area contributed by atoms with Crippen LogP contribution in [0.2, 0.25) is 0 Å². The van der Waals surface area contributed by atoms with Crippen LogP contribution >= 0.6 is 0 Å². The van der Waals surface area contributed by atoms with Crippen molar-refractivity contribution in [3.05, 3.63) is 29.3 Å². The first-order valence-corrected chi connectivity index (χ1v) is 6.85. The number of aromatic hydroxyl groups is 1. The molecule has 2 N–H and O–H groups in total. The van der Waals surface area contributed by atoms with E-state index in [0.29, 0.717) is 12.1 Å².